The summed E-state index contributed by atoms with van der Waals surface area (Å²) in [5.41, 5.74) is 7.41. The van der Waals surface area contributed by atoms with Crippen LogP contribution in [0.25, 0.3) is 0 Å². The Bertz CT molecular complexity index is 540. The molecule has 7 heteroatoms. The fraction of sp³-hybridized carbons (Fsp3) is 0.364. The number of nitrogen functional groups attached to an aromatic ring is 1. The van der Waals surface area contributed by atoms with E-state index in [1.54, 1.807) is 25.1 Å². The first-order valence-electron chi connectivity index (χ1n) is 5.41. The van der Waals surface area contributed by atoms with Crippen LogP contribution in [0.5, 0.6) is 0 Å². The third-order valence-electron chi connectivity index (χ3n) is 2.46. The average molecular weight is 271 g/mol. The van der Waals surface area contributed by atoms with Crippen molar-refractivity contribution in [3.8, 4) is 0 Å². The van der Waals surface area contributed by atoms with Crippen LogP contribution in [0.15, 0.2) is 18.2 Å². The SMILES string of the molecule is CNS(=O)(=O)CCNC(=O)c1ccc(N)cc1C. The van der Waals surface area contributed by atoms with Gasteiger partial charge in [0.2, 0.25) is 10.0 Å². The number of aryl methyl sites for hydroxylation is 1. The summed E-state index contributed by atoms with van der Waals surface area (Å²) >= 11 is 0. The molecule has 0 heterocycles. The van der Waals surface area contributed by atoms with Gasteiger partial charge >= 0.3 is 0 Å². The van der Waals surface area contributed by atoms with Gasteiger partial charge in [0, 0.05) is 17.8 Å². The molecule has 0 radical (unpaired) electrons. The van der Waals surface area contributed by atoms with E-state index in [4.69, 9.17) is 5.73 Å². The normalized spacial score (nSPS) is 11.2. The third-order valence-corrected chi connectivity index (χ3v) is 3.83. The number of rotatable bonds is 5. The Morgan fingerprint density at radius 2 is 2.06 bits per heavy atom. The Kier molecular flexibility index (Phi) is 4.69. The maximum Gasteiger partial charge on any atom is 0.251 e. The molecular weight excluding hydrogens is 254 g/mol. The number of amides is 1. The predicted octanol–water partition coefficient (Wildman–Crippen LogP) is -0.144. The Hall–Kier alpha value is -1.60. The molecule has 0 saturated heterocycles. The van der Waals surface area contributed by atoms with Crippen molar-refractivity contribution in [1.29, 1.82) is 0 Å². The number of sulfonamides is 1. The monoisotopic (exact) mass is 271 g/mol. The summed E-state index contributed by atoms with van der Waals surface area (Å²) in [7, 11) is -1.96. The van der Waals surface area contributed by atoms with E-state index in [1.807, 2.05) is 0 Å². The van der Waals surface area contributed by atoms with Gasteiger partial charge in [0.25, 0.3) is 5.91 Å². The molecule has 0 aliphatic rings. The minimum absolute atomic E-state index is 0.0613. The third kappa shape index (κ3) is 4.01. The molecule has 0 spiro atoms. The lowest BCUT2D eigenvalue weighted by Gasteiger charge is -2.08. The number of nitrogens with two attached hydrogens (primary N) is 1. The fourth-order valence-corrected chi connectivity index (χ4v) is 2.01. The number of nitrogens with one attached hydrogen (secondary N) is 2. The standard InChI is InChI=1S/C11H17N3O3S/c1-8-7-9(12)3-4-10(8)11(15)14-5-6-18(16,17)13-2/h3-4,7,13H,5-6,12H2,1-2H3,(H,14,15). The minimum atomic E-state index is -3.30. The maximum absolute atomic E-state index is 11.8. The summed E-state index contributed by atoms with van der Waals surface area (Å²) in [6.07, 6.45) is 0. The number of anilines is 1. The Morgan fingerprint density at radius 3 is 2.61 bits per heavy atom. The number of carbonyl (C=O) groups is 1. The van der Waals surface area contributed by atoms with E-state index < -0.39 is 10.0 Å². The van der Waals surface area contributed by atoms with Crippen LogP contribution < -0.4 is 15.8 Å². The van der Waals surface area contributed by atoms with Crippen LogP contribution in [-0.4, -0.2) is 33.7 Å². The Balaban J connectivity index is 2.61. The molecule has 0 aromatic heterocycles. The van der Waals surface area contributed by atoms with Gasteiger partial charge in [0.15, 0.2) is 0 Å². The molecule has 4 N–H and O–H groups in total. The molecule has 18 heavy (non-hydrogen) atoms. The first-order chi connectivity index (χ1) is 8.35. The van der Waals surface area contributed by atoms with E-state index in [0.29, 0.717) is 11.3 Å². The number of hydrogen-bond donors (Lipinski definition) is 3. The molecule has 0 unspecified atom stereocenters. The summed E-state index contributed by atoms with van der Waals surface area (Å²) in [5.74, 6) is -0.456. The van der Waals surface area contributed by atoms with E-state index in [9.17, 15) is 13.2 Å². The summed E-state index contributed by atoms with van der Waals surface area (Å²) < 4.78 is 24.5. The largest absolute Gasteiger partial charge is 0.399 e. The van der Waals surface area contributed by atoms with Crippen molar-refractivity contribution in [2.45, 2.75) is 6.92 Å². The van der Waals surface area contributed by atoms with E-state index in [1.165, 1.54) is 7.05 Å². The van der Waals surface area contributed by atoms with E-state index in [2.05, 4.69) is 10.0 Å². The zero-order valence-electron chi connectivity index (χ0n) is 10.4. The molecule has 6 nitrogen and oxygen atoms in total. The molecule has 100 valence electrons. The highest BCUT2D eigenvalue weighted by atomic mass is 32.2. The van der Waals surface area contributed by atoms with Crippen molar-refractivity contribution in [3.05, 3.63) is 29.3 Å². The van der Waals surface area contributed by atoms with Crippen molar-refractivity contribution in [1.82, 2.24) is 10.0 Å². The molecule has 0 aliphatic heterocycles. The van der Waals surface area contributed by atoms with Crippen LogP contribution in [0.1, 0.15) is 15.9 Å². The van der Waals surface area contributed by atoms with Crippen LogP contribution in [0, 0.1) is 6.92 Å². The zero-order chi connectivity index (χ0) is 13.8. The molecule has 0 atom stereocenters. The summed E-state index contributed by atoms with van der Waals surface area (Å²) in [4.78, 5) is 11.8. The summed E-state index contributed by atoms with van der Waals surface area (Å²) in [6.45, 7) is 1.83. The lowest BCUT2D eigenvalue weighted by atomic mass is 10.1. The van der Waals surface area contributed by atoms with Gasteiger partial charge in [-0.1, -0.05) is 0 Å². The topological polar surface area (TPSA) is 101 Å². The van der Waals surface area contributed by atoms with Gasteiger partial charge in [0.1, 0.15) is 0 Å². The first-order valence-corrected chi connectivity index (χ1v) is 7.06. The van der Waals surface area contributed by atoms with E-state index >= 15 is 0 Å². The van der Waals surface area contributed by atoms with Gasteiger partial charge in [-0.15, -0.1) is 0 Å². The second-order valence-electron chi connectivity index (χ2n) is 3.85. The van der Waals surface area contributed by atoms with Crippen molar-refractivity contribution < 1.29 is 13.2 Å². The van der Waals surface area contributed by atoms with Crippen molar-refractivity contribution in [2.24, 2.45) is 0 Å². The smallest absolute Gasteiger partial charge is 0.251 e. The molecule has 1 amide bonds. The van der Waals surface area contributed by atoms with Gasteiger partial charge in [-0.05, 0) is 37.7 Å². The number of benzene rings is 1. The van der Waals surface area contributed by atoms with Gasteiger partial charge in [-0.2, -0.15) is 0 Å². The van der Waals surface area contributed by atoms with Crippen LogP contribution in [-0.2, 0) is 10.0 Å². The fourth-order valence-electron chi connectivity index (χ4n) is 1.44. The summed E-state index contributed by atoms with van der Waals surface area (Å²) in [5, 5.41) is 2.55. The van der Waals surface area contributed by atoms with Crippen LogP contribution in [0.4, 0.5) is 5.69 Å². The quantitative estimate of drug-likeness (QED) is 0.648. The van der Waals surface area contributed by atoms with Gasteiger partial charge < -0.3 is 11.1 Å². The molecule has 0 aliphatic carbocycles. The predicted molar refractivity (Wildman–Crippen MR) is 70.8 cm³/mol. The van der Waals surface area contributed by atoms with Crippen LogP contribution in [0.3, 0.4) is 0 Å². The lowest BCUT2D eigenvalue weighted by molar-refractivity contribution is 0.0955. The van der Waals surface area contributed by atoms with E-state index in [0.717, 1.165) is 5.56 Å². The highest BCUT2D eigenvalue weighted by Crippen LogP contribution is 2.12. The van der Waals surface area contributed by atoms with Crippen LogP contribution >= 0.6 is 0 Å². The molecule has 0 saturated carbocycles. The minimum Gasteiger partial charge on any atom is -0.399 e. The summed E-state index contributed by atoms with van der Waals surface area (Å²) in [6, 6.07) is 4.94. The van der Waals surface area contributed by atoms with E-state index in [-0.39, 0.29) is 18.2 Å². The molecule has 0 bridgehead atoms. The number of carbonyl (C=O) groups excluding carboxylic acids is 1. The van der Waals surface area contributed by atoms with Gasteiger partial charge in [-0.25, -0.2) is 13.1 Å². The highest BCUT2D eigenvalue weighted by Gasteiger charge is 2.11. The average Bonchev–Trinajstić information content (AvgIpc) is 2.28. The molecule has 1 aromatic rings. The molecule has 1 aromatic carbocycles. The molecule has 1 rings (SSSR count). The zero-order valence-corrected chi connectivity index (χ0v) is 11.2. The lowest BCUT2D eigenvalue weighted by Crippen LogP contribution is -2.33. The van der Waals surface area contributed by atoms with Gasteiger partial charge in [0.05, 0.1) is 5.75 Å². The van der Waals surface area contributed by atoms with Crippen LogP contribution in [0.2, 0.25) is 0 Å². The first kappa shape index (κ1) is 14.5. The van der Waals surface area contributed by atoms with Crippen molar-refractivity contribution >= 4 is 21.6 Å². The second-order valence-corrected chi connectivity index (χ2v) is 5.90. The van der Waals surface area contributed by atoms with Gasteiger partial charge in [-0.3, -0.25) is 4.79 Å². The molecule has 0 fully saturated rings. The molecular formula is C11H17N3O3S. The Morgan fingerprint density at radius 1 is 1.39 bits per heavy atom. The number of hydrogen-bond acceptors (Lipinski definition) is 4. The van der Waals surface area contributed by atoms with Crippen molar-refractivity contribution in [2.75, 3.05) is 25.1 Å². The highest BCUT2D eigenvalue weighted by molar-refractivity contribution is 7.89. The Labute approximate surface area is 107 Å². The van der Waals surface area contributed by atoms with Crippen molar-refractivity contribution in [3.63, 3.8) is 0 Å². The maximum atomic E-state index is 11.8. The second kappa shape index (κ2) is 5.83.